The minimum atomic E-state index is -6.00. The fourth-order valence-corrected chi connectivity index (χ4v) is 5.51. The van der Waals surface area contributed by atoms with Crippen molar-refractivity contribution in [2.45, 2.75) is 27.7 Å². The average molecular weight is 460 g/mol. The summed E-state index contributed by atoms with van der Waals surface area (Å²) in [7, 11) is -3.63. The predicted octanol–water partition coefficient (Wildman–Crippen LogP) is 5.03. The van der Waals surface area contributed by atoms with Gasteiger partial charge in [0, 0.05) is 29.0 Å². The lowest BCUT2D eigenvalue weighted by Crippen LogP contribution is -2.54. The highest BCUT2D eigenvalue weighted by Gasteiger charge is 2.71. The third-order valence-corrected chi connectivity index (χ3v) is 7.17. The molecule has 0 amide bonds. The van der Waals surface area contributed by atoms with Gasteiger partial charge in [0.15, 0.2) is 0 Å². The molecule has 3 N–H and O–H groups in total. The van der Waals surface area contributed by atoms with Gasteiger partial charge in [-0.3, -0.25) is 18.4 Å². The van der Waals surface area contributed by atoms with Gasteiger partial charge in [0.1, 0.15) is 0 Å². The number of pyridine rings is 1. The van der Waals surface area contributed by atoms with Gasteiger partial charge < -0.3 is 5.11 Å². The molecular formula is C16H14F6N2O3S2. The van der Waals surface area contributed by atoms with Crippen molar-refractivity contribution in [3.05, 3.63) is 48.3 Å². The number of hydrogen-bond acceptors (Lipinski definition) is 6. The summed E-state index contributed by atoms with van der Waals surface area (Å²) in [5, 5.41) is 9.59. The lowest BCUT2D eigenvalue weighted by molar-refractivity contribution is -0.376. The topological polar surface area (TPSA) is 76.8 Å². The maximum atomic E-state index is 13.1. The summed E-state index contributed by atoms with van der Waals surface area (Å²) < 4.78 is 101. The summed E-state index contributed by atoms with van der Waals surface area (Å²) >= 11 is 0.943. The highest BCUT2D eigenvalue weighted by molar-refractivity contribution is 8.25. The lowest BCUT2D eigenvalue weighted by atomic mass is 9.92. The first-order valence-electron chi connectivity index (χ1n) is 7.89. The van der Waals surface area contributed by atoms with Crippen molar-refractivity contribution in [2.24, 2.45) is 0 Å². The first-order valence-corrected chi connectivity index (χ1v) is 10.4. The maximum absolute atomic E-state index is 13.1. The van der Waals surface area contributed by atoms with Crippen LogP contribution < -0.4 is 4.31 Å². The summed E-state index contributed by atoms with van der Waals surface area (Å²) in [4.78, 5) is 3.78. The molecule has 29 heavy (non-hydrogen) atoms. The SMILES string of the molecule is OC(c1ccc2c(c1)SCCN2S(O)(O)c1cccnc1)(C(F)(F)F)C(F)(F)F. The van der Waals surface area contributed by atoms with Crippen LogP contribution in [-0.2, 0) is 5.60 Å². The van der Waals surface area contributed by atoms with Crippen molar-refractivity contribution in [1.82, 2.24) is 4.98 Å². The molecular weight excluding hydrogens is 446 g/mol. The number of benzene rings is 1. The third kappa shape index (κ3) is 3.65. The molecule has 1 aliphatic heterocycles. The van der Waals surface area contributed by atoms with E-state index in [4.69, 9.17) is 0 Å². The molecule has 0 aliphatic carbocycles. The van der Waals surface area contributed by atoms with Crippen LogP contribution >= 0.6 is 22.5 Å². The molecule has 0 saturated heterocycles. The second kappa shape index (κ2) is 7.23. The van der Waals surface area contributed by atoms with Crippen molar-refractivity contribution in [3.63, 3.8) is 0 Å². The summed E-state index contributed by atoms with van der Waals surface area (Å²) in [6, 6.07) is 4.82. The van der Waals surface area contributed by atoms with Crippen LogP contribution in [0.15, 0.2) is 52.5 Å². The average Bonchev–Trinajstić information content (AvgIpc) is 2.65. The third-order valence-electron chi connectivity index (χ3n) is 4.28. The van der Waals surface area contributed by atoms with Gasteiger partial charge in [-0.2, -0.15) is 26.3 Å². The van der Waals surface area contributed by atoms with Crippen LogP contribution in [0.25, 0.3) is 0 Å². The Labute approximate surface area is 166 Å². The number of anilines is 1. The van der Waals surface area contributed by atoms with E-state index in [1.807, 2.05) is 0 Å². The molecule has 0 saturated carbocycles. The Balaban J connectivity index is 2.09. The fourth-order valence-electron chi connectivity index (χ4n) is 2.81. The predicted molar refractivity (Wildman–Crippen MR) is 95.9 cm³/mol. The molecule has 13 heteroatoms. The Bertz CT molecular complexity index is 878. The minimum Gasteiger partial charge on any atom is -0.369 e. The van der Waals surface area contributed by atoms with Crippen LogP contribution in [0.1, 0.15) is 5.56 Å². The monoisotopic (exact) mass is 460 g/mol. The summed E-state index contributed by atoms with van der Waals surface area (Å²) in [5.74, 6) is 0.170. The van der Waals surface area contributed by atoms with Gasteiger partial charge in [0.2, 0.25) is 0 Å². The number of aliphatic hydroxyl groups is 1. The summed E-state index contributed by atoms with van der Waals surface area (Å²) in [6.07, 6.45) is -9.40. The van der Waals surface area contributed by atoms with E-state index in [0.29, 0.717) is 12.1 Å². The number of nitrogens with zero attached hydrogens (tertiary/aromatic N) is 2. The minimum absolute atomic E-state index is 0.0422. The van der Waals surface area contributed by atoms with Gasteiger partial charge >= 0.3 is 12.4 Å². The number of hydrogen-bond donors (Lipinski definition) is 3. The maximum Gasteiger partial charge on any atom is 0.430 e. The molecule has 0 radical (unpaired) electrons. The van der Waals surface area contributed by atoms with E-state index in [-0.39, 0.29) is 27.8 Å². The molecule has 5 nitrogen and oxygen atoms in total. The number of halogens is 6. The first-order chi connectivity index (χ1) is 13.3. The van der Waals surface area contributed by atoms with Gasteiger partial charge in [0.25, 0.3) is 5.60 Å². The molecule has 1 aromatic heterocycles. The Hall–Kier alpha value is -1.67. The van der Waals surface area contributed by atoms with Crippen LogP contribution in [0.3, 0.4) is 0 Å². The Morgan fingerprint density at radius 1 is 1.03 bits per heavy atom. The Kier molecular flexibility index (Phi) is 5.49. The highest BCUT2D eigenvalue weighted by Crippen LogP contribution is 2.57. The van der Waals surface area contributed by atoms with E-state index < -0.39 is 34.3 Å². The normalized spacial score (nSPS) is 16.5. The molecule has 0 spiro atoms. The first kappa shape index (κ1) is 22.0. The second-order valence-electron chi connectivity index (χ2n) is 6.05. The van der Waals surface area contributed by atoms with Crippen molar-refractivity contribution >= 4 is 28.2 Å². The summed E-state index contributed by atoms with van der Waals surface area (Å²) in [6.45, 7) is 0.0804. The quantitative estimate of drug-likeness (QED) is 0.558. The number of aromatic nitrogens is 1. The van der Waals surface area contributed by atoms with Crippen LogP contribution in [0.4, 0.5) is 32.0 Å². The van der Waals surface area contributed by atoms with Crippen LogP contribution in [0.2, 0.25) is 0 Å². The molecule has 1 aliphatic rings. The molecule has 0 unspecified atom stereocenters. The van der Waals surface area contributed by atoms with Gasteiger partial charge in [0.05, 0.1) is 16.8 Å². The van der Waals surface area contributed by atoms with Crippen LogP contribution in [0, 0.1) is 0 Å². The van der Waals surface area contributed by atoms with Crippen LogP contribution in [0.5, 0.6) is 0 Å². The van der Waals surface area contributed by atoms with Gasteiger partial charge in [-0.05, 0) is 24.3 Å². The smallest absolute Gasteiger partial charge is 0.369 e. The van der Waals surface area contributed by atoms with Gasteiger partial charge in [-0.15, -0.1) is 11.8 Å². The number of alkyl halides is 6. The molecule has 160 valence electrons. The zero-order valence-electron chi connectivity index (χ0n) is 14.3. The van der Waals surface area contributed by atoms with Crippen molar-refractivity contribution in [2.75, 3.05) is 16.6 Å². The van der Waals surface area contributed by atoms with Gasteiger partial charge in [-0.25, -0.2) is 0 Å². The van der Waals surface area contributed by atoms with E-state index in [2.05, 4.69) is 4.98 Å². The van der Waals surface area contributed by atoms with E-state index in [0.717, 1.165) is 22.1 Å². The molecule has 1 aromatic carbocycles. The molecule has 0 bridgehead atoms. The van der Waals surface area contributed by atoms with E-state index in [9.17, 15) is 40.6 Å². The second-order valence-corrected chi connectivity index (χ2v) is 9.13. The molecule has 0 fully saturated rings. The van der Waals surface area contributed by atoms with Gasteiger partial charge in [-0.1, -0.05) is 16.8 Å². The molecule has 3 rings (SSSR count). The van der Waals surface area contributed by atoms with Crippen molar-refractivity contribution < 1.29 is 40.6 Å². The van der Waals surface area contributed by atoms with E-state index in [1.165, 1.54) is 24.5 Å². The zero-order valence-corrected chi connectivity index (χ0v) is 15.9. The number of rotatable bonds is 3. The number of fused-ring (bicyclic) bond motifs is 1. The van der Waals surface area contributed by atoms with Crippen molar-refractivity contribution in [3.8, 4) is 0 Å². The lowest BCUT2D eigenvalue weighted by Gasteiger charge is -2.46. The Morgan fingerprint density at radius 3 is 2.24 bits per heavy atom. The summed E-state index contributed by atoms with van der Waals surface area (Å²) in [5.41, 5.74) is -6.41. The van der Waals surface area contributed by atoms with Crippen LogP contribution in [-0.4, -0.2) is 43.8 Å². The molecule has 0 atom stereocenters. The molecule has 2 aromatic rings. The standard InChI is InChI=1S/C16H14F6N2O3S2/c17-15(18,19)14(25,16(20,21)22)10-3-4-12-13(8-10)28-7-6-24(12)29(26,27)11-2-1-5-23-9-11/h1-5,8-9,25-27H,6-7H2. The molecule has 2 heterocycles. The van der Waals surface area contributed by atoms with E-state index >= 15 is 0 Å². The Morgan fingerprint density at radius 2 is 1.69 bits per heavy atom. The number of thioether (sulfide) groups is 1. The van der Waals surface area contributed by atoms with E-state index in [1.54, 1.807) is 0 Å². The van der Waals surface area contributed by atoms with Crippen molar-refractivity contribution in [1.29, 1.82) is 0 Å². The largest absolute Gasteiger partial charge is 0.430 e. The zero-order chi connectivity index (χ0) is 21.7. The highest BCUT2D eigenvalue weighted by atomic mass is 32.3. The fraction of sp³-hybridized carbons (Fsp3) is 0.312.